The average molecular weight is 232 g/mol. The Bertz CT molecular complexity index is 627. The van der Waals surface area contributed by atoms with Crippen LogP contribution in [0.2, 0.25) is 0 Å². The Kier molecular flexibility index (Phi) is 2.61. The summed E-state index contributed by atoms with van der Waals surface area (Å²) < 4.78 is 0. The molecule has 0 radical (unpaired) electrons. The number of nitro groups is 1. The molecule has 2 N–H and O–H groups in total. The van der Waals surface area contributed by atoms with Gasteiger partial charge in [0.25, 0.3) is 5.69 Å². The van der Waals surface area contributed by atoms with E-state index in [0.29, 0.717) is 10.9 Å². The number of rotatable bonds is 3. The topological polar surface area (TPSA) is 96.2 Å². The number of aromatic nitrogens is 1. The minimum atomic E-state index is -1.07. The summed E-state index contributed by atoms with van der Waals surface area (Å²) in [7, 11) is 0. The van der Waals surface area contributed by atoms with E-state index in [1.165, 1.54) is 18.2 Å². The van der Waals surface area contributed by atoms with Crippen LogP contribution in [0.5, 0.6) is 0 Å². The number of hydrogen-bond donors (Lipinski definition) is 2. The molecule has 0 saturated heterocycles. The van der Waals surface area contributed by atoms with Crippen molar-refractivity contribution in [2.75, 3.05) is 0 Å². The third-order valence-corrected chi connectivity index (χ3v) is 2.31. The molecule has 2 rings (SSSR count). The van der Waals surface area contributed by atoms with Gasteiger partial charge in [-0.3, -0.25) is 10.1 Å². The molecular formula is C11H8N2O4. The van der Waals surface area contributed by atoms with Crippen LogP contribution < -0.4 is 0 Å². The van der Waals surface area contributed by atoms with Crippen molar-refractivity contribution in [1.29, 1.82) is 0 Å². The molecule has 0 aliphatic carbocycles. The van der Waals surface area contributed by atoms with Gasteiger partial charge in [-0.05, 0) is 12.1 Å². The molecule has 1 heterocycles. The minimum absolute atomic E-state index is 0.0259. The zero-order valence-electron chi connectivity index (χ0n) is 8.58. The Balaban J connectivity index is 2.54. The molecule has 1 aromatic carbocycles. The van der Waals surface area contributed by atoms with Gasteiger partial charge in [-0.25, -0.2) is 4.79 Å². The first-order valence-electron chi connectivity index (χ1n) is 4.74. The zero-order valence-corrected chi connectivity index (χ0v) is 8.58. The van der Waals surface area contributed by atoms with Gasteiger partial charge in [0.1, 0.15) is 0 Å². The number of carbonyl (C=O) groups is 1. The van der Waals surface area contributed by atoms with E-state index in [1.807, 2.05) is 0 Å². The Morgan fingerprint density at radius 3 is 2.88 bits per heavy atom. The zero-order chi connectivity index (χ0) is 12.4. The van der Waals surface area contributed by atoms with Gasteiger partial charge < -0.3 is 10.1 Å². The normalized spacial score (nSPS) is 11.1. The van der Waals surface area contributed by atoms with Crippen LogP contribution in [0.15, 0.2) is 30.5 Å². The molecule has 0 bridgehead atoms. The number of aliphatic carboxylic acids is 1. The van der Waals surface area contributed by atoms with Crippen molar-refractivity contribution in [3.63, 3.8) is 0 Å². The second kappa shape index (κ2) is 4.09. The largest absolute Gasteiger partial charge is 0.478 e. The summed E-state index contributed by atoms with van der Waals surface area (Å²) >= 11 is 0. The number of fused-ring (bicyclic) bond motifs is 1. The molecule has 0 saturated carbocycles. The van der Waals surface area contributed by atoms with E-state index in [0.717, 1.165) is 11.6 Å². The van der Waals surface area contributed by atoms with Gasteiger partial charge in [-0.1, -0.05) is 0 Å². The number of carboxylic acid groups (broad SMARTS) is 1. The van der Waals surface area contributed by atoms with Gasteiger partial charge in [0, 0.05) is 40.9 Å². The number of aromatic amines is 1. The third kappa shape index (κ3) is 2.15. The lowest BCUT2D eigenvalue weighted by Gasteiger charge is -1.93. The van der Waals surface area contributed by atoms with Crippen molar-refractivity contribution >= 4 is 28.6 Å². The van der Waals surface area contributed by atoms with Crippen molar-refractivity contribution in [1.82, 2.24) is 4.98 Å². The van der Waals surface area contributed by atoms with Crippen LogP contribution in [0, 0.1) is 10.1 Å². The lowest BCUT2D eigenvalue weighted by molar-refractivity contribution is -0.384. The first-order valence-corrected chi connectivity index (χ1v) is 4.74. The van der Waals surface area contributed by atoms with E-state index in [4.69, 9.17) is 5.11 Å². The molecule has 0 atom stereocenters. The number of nitrogens with one attached hydrogen (secondary N) is 1. The molecule has 6 heteroatoms. The first-order chi connectivity index (χ1) is 8.08. The summed E-state index contributed by atoms with van der Waals surface area (Å²) in [5.41, 5.74) is 1.30. The van der Waals surface area contributed by atoms with Crippen LogP contribution in [0.3, 0.4) is 0 Å². The molecule has 1 aromatic heterocycles. The highest BCUT2D eigenvalue weighted by atomic mass is 16.6. The quantitative estimate of drug-likeness (QED) is 0.481. The molecule has 2 aromatic rings. The predicted molar refractivity (Wildman–Crippen MR) is 61.6 cm³/mol. The van der Waals surface area contributed by atoms with E-state index in [9.17, 15) is 14.9 Å². The van der Waals surface area contributed by atoms with E-state index in [2.05, 4.69) is 4.98 Å². The molecule has 17 heavy (non-hydrogen) atoms. The fraction of sp³-hybridized carbons (Fsp3) is 0. The second-order valence-electron chi connectivity index (χ2n) is 3.40. The maximum atomic E-state index is 10.6. The number of benzene rings is 1. The van der Waals surface area contributed by atoms with Crippen LogP contribution in [-0.2, 0) is 4.79 Å². The number of carboxylic acids is 1. The van der Waals surface area contributed by atoms with E-state index in [-0.39, 0.29) is 5.69 Å². The van der Waals surface area contributed by atoms with Gasteiger partial charge in [0.05, 0.1) is 4.92 Å². The average Bonchev–Trinajstić information content (AvgIpc) is 2.68. The standard InChI is InChI=1S/C11H8N2O4/c14-11(15)4-1-7-6-12-10-3-2-8(13(16)17)5-9(7)10/h1-6,12H,(H,14,15)/b4-1+. The van der Waals surface area contributed by atoms with Crippen LogP contribution >= 0.6 is 0 Å². The monoisotopic (exact) mass is 232 g/mol. The van der Waals surface area contributed by atoms with Crippen LogP contribution in [0.1, 0.15) is 5.56 Å². The molecule has 0 unspecified atom stereocenters. The molecule has 86 valence electrons. The molecule has 0 spiro atoms. The minimum Gasteiger partial charge on any atom is -0.478 e. The number of non-ortho nitro benzene ring substituents is 1. The Morgan fingerprint density at radius 1 is 1.47 bits per heavy atom. The maximum absolute atomic E-state index is 10.6. The molecule has 0 fully saturated rings. The smallest absolute Gasteiger partial charge is 0.328 e. The maximum Gasteiger partial charge on any atom is 0.328 e. The fourth-order valence-electron chi connectivity index (χ4n) is 1.54. The van der Waals surface area contributed by atoms with Gasteiger partial charge in [-0.15, -0.1) is 0 Å². The van der Waals surface area contributed by atoms with Crippen LogP contribution in [0.25, 0.3) is 17.0 Å². The highest BCUT2D eigenvalue weighted by molar-refractivity contribution is 5.94. The summed E-state index contributed by atoms with van der Waals surface area (Å²) in [6.07, 6.45) is 3.99. The first kappa shape index (κ1) is 10.9. The molecule has 0 aliphatic heterocycles. The van der Waals surface area contributed by atoms with E-state index < -0.39 is 10.9 Å². The van der Waals surface area contributed by atoms with Crippen LogP contribution in [0.4, 0.5) is 5.69 Å². The summed E-state index contributed by atoms with van der Waals surface area (Å²) in [6, 6.07) is 4.39. The third-order valence-electron chi connectivity index (χ3n) is 2.31. The summed E-state index contributed by atoms with van der Waals surface area (Å²) in [5, 5.41) is 19.8. The van der Waals surface area contributed by atoms with Gasteiger partial charge in [0.15, 0.2) is 0 Å². The van der Waals surface area contributed by atoms with Crippen molar-refractivity contribution in [3.05, 3.63) is 46.1 Å². The second-order valence-corrected chi connectivity index (χ2v) is 3.40. The molecule has 0 amide bonds. The number of hydrogen-bond acceptors (Lipinski definition) is 3. The highest BCUT2D eigenvalue weighted by Gasteiger charge is 2.09. The molecular weight excluding hydrogens is 224 g/mol. The van der Waals surface area contributed by atoms with Crippen LogP contribution in [-0.4, -0.2) is 21.0 Å². The van der Waals surface area contributed by atoms with Crippen molar-refractivity contribution in [3.8, 4) is 0 Å². The molecule has 0 aliphatic rings. The van der Waals surface area contributed by atoms with Crippen molar-refractivity contribution < 1.29 is 14.8 Å². The van der Waals surface area contributed by atoms with Gasteiger partial charge >= 0.3 is 5.97 Å². The number of nitrogens with zero attached hydrogens (tertiary/aromatic N) is 1. The van der Waals surface area contributed by atoms with E-state index in [1.54, 1.807) is 12.3 Å². The predicted octanol–water partition coefficient (Wildman–Crippen LogP) is 2.17. The number of nitro benzene ring substituents is 1. The van der Waals surface area contributed by atoms with Crippen molar-refractivity contribution in [2.45, 2.75) is 0 Å². The SMILES string of the molecule is O=C(O)/C=C/c1c[nH]c2ccc([N+](=O)[O-])cc12. The molecule has 6 nitrogen and oxygen atoms in total. The Labute approximate surface area is 95.3 Å². The van der Waals surface area contributed by atoms with Gasteiger partial charge in [0.2, 0.25) is 0 Å². The lowest BCUT2D eigenvalue weighted by Crippen LogP contribution is -1.87. The summed E-state index contributed by atoms with van der Waals surface area (Å²) in [4.78, 5) is 23.4. The Hall–Kier alpha value is -2.63. The summed E-state index contributed by atoms with van der Waals surface area (Å²) in [5.74, 6) is -1.07. The fourth-order valence-corrected chi connectivity index (χ4v) is 1.54. The highest BCUT2D eigenvalue weighted by Crippen LogP contribution is 2.24. The van der Waals surface area contributed by atoms with E-state index >= 15 is 0 Å². The Morgan fingerprint density at radius 2 is 2.24 bits per heavy atom. The lowest BCUT2D eigenvalue weighted by atomic mass is 10.1. The summed E-state index contributed by atoms with van der Waals surface area (Å²) in [6.45, 7) is 0. The van der Waals surface area contributed by atoms with Crippen molar-refractivity contribution in [2.24, 2.45) is 0 Å². The van der Waals surface area contributed by atoms with Gasteiger partial charge in [-0.2, -0.15) is 0 Å². The number of H-pyrrole nitrogens is 1.